The number of rotatable bonds is 9. The highest BCUT2D eigenvalue weighted by molar-refractivity contribution is 5.96. The van der Waals surface area contributed by atoms with Gasteiger partial charge in [0.1, 0.15) is 11.6 Å². The van der Waals surface area contributed by atoms with Gasteiger partial charge in [0.25, 0.3) is 0 Å². The Hall–Kier alpha value is -4.43. The van der Waals surface area contributed by atoms with Crippen LogP contribution in [0.15, 0.2) is 78.9 Å². The Morgan fingerprint density at radius 3 is 2.26 bits per heavy atom. The van der Waals surface area contributed by atoms with Gasteiger partial charge in [-0.15, -0.1) is 5.92 Å². The molecule has 5 heteroatoms. The summed E-state index contributed by atoms with van der Waals surface area (Å²) in [4.78, 5) is 25.2. The second kappa shape index (κ2) is 12.9. The van der Waals surface area contributed by atoms with E-state index in [1.807, 2.05) is 12.1 Å². The van der Waals surface area contributed by atoms with Gasteiger partial charge in [0.2, 0.25) is 0 Å². The minimum Gasteiger partial charge on any atom is -0.462 e. The van der Waals surface area contributed by atoms with Crippen LogP contribution in [-0.4, -0.2) is 18.5 Å². The van der Waals surface area contributed by atoms with E-state index in [1.165, 1.54) is 6.07 Å². The fourth-order valence-electron chi connectivity index (χ4n) is 4.19. The molecule has 0 spiro atoms. The molecule has 0 fully saturated rings. The average Bonchev–Trinajstić information content (AvgIpc) is 2.96. The van der Waals surface area contributed by atoms with Crippen molar-refractivity contribution in [2.24, 2.45) is 5.92 Å². The van der Waals surface area contributed by atoms with Crippen molar-refractivity contribution >= 4 is 22.7 Å². The number of carbonyl (C=O) groups is 2. The molecule has 4 nitrogen and oxygen atoms in total. The van der Waals surface area contributed by atoms with E-state index in [-0.39, 0.29) is 11.8 Å². The van der Waals surface area contributed by atoms with E-state index in [9.17, 15) is 14.0 Å². The van der Waals surface area contributed by atoms with Crippen LogP contribution in [-0.2, 0) is 4.74 Å². The smallest absolute Gasteiger partial charge is 0.343 e. The monoisotopic (exact) mass is 522 g/mol. The number of esters is 2. The van der Waals surface area contributed by atoms with E-state index < -0.39 is 5.97 Å². The third-order valence-electron chi connectivity index (χ3n) is 6.71. The minimum absolute atomic E-state index is 0.340. The molecule has 0 heterocycles. The molecule has 4 aromatic rings. The van der Waals surface area contributed by atoms with Crippen molar-refractivity contribution < 1.29 is 23.5 Å². The molecule has 0 amide bonds. The van der Waals surface area contributed by atoms with Gasteiger partial charge >= 0.3 is 11.9 Å². The number of hydrogen-bond acceptors (Lipinski definition) is 4. The summed E-state index contributed by atoms with van der Waals surface area (Å²) in [6.07, 6.45) is 3.01. The first-order chi connectivity index (χ1) is 18.9. The standard InChI is InChI=1S/C34H31FO4/c1-4-7-25-11-14-29(22-32(25)35)24-9-12-26(13-10-24)34(37)39-31-18-17-27-20-30(16-15-28(27)21-31)33(36)38-19-6-8-23(3)5-2/h9-18,20-23H,5-6,8,19H2,1-3H3. The topological polar surface area (TPSA) is 52.6 Å². The summed E-state index contributed by atoms with van der Waals surface area (Å²) < 4.78 is 25.2. The largest absolute Gasteiger partial charge is 0.462 e. The van der Waals surface area contributed by atoms with Crippen molar-refractivity contribution in [1.82, 2.24) is 0 Å². The fourth-order valence-corrected chi connectivity index (χ4v) is 4.19. The lowest BCUT2D eigenvalue weighted by Crippen LogP contribution is -2.08. The van der Waals surface area contributed by atoms with Gasteiger partial charge in [-0.1, -0.05) is 56.5 Å². The Morgan fingerprint density at radius 2 is 1.54 bits per heavy atom. The lowest BCUT2D eigenvalue weighted by Gasteiger charge is -2.10. The summed E-state index contributed by atoms with van der Waals surface area (Å²) >= 11 is 0. The van der Waals surface area contributed by atoms with Gasteiger partial charge in [0.05, 0.1) is 23.3 Å². The van der Waals surface area contributed by atoms with E-state index in [0.717, 1.165) is 35.6 Å². The van der Waals surface area contributed by atoms with Crippen LogP contribution in [0, 0.1) is 23.6 Å². The van der Waals surface area contributed by atoms with Crippen LogP contribution in [0.25, 0.3) is 21.9 Å². The number of fused-ring (bicyclic) bond motifs is 1. The van der Waals surface area contributed by atoms with Gasteiger partial charge in [-0.2, -0.15) is 0 Å². The second-order valence-electron chi connectivity index (χ2n) is 9.55. The number of hydrogen-bond donors (Lipinski definition) is 0. The van der Waals surface area contributed by atoms with Gasteiger partial charge in [-0.3, -0.25) is 0 Å². The van der Waals surface area contributed by atoms with E-state index in [0.29, 0.717) is 40.5 Å². The lowest BCUT2D eigenvalue weighted by atomic mass is 10.0. The molecule has 1 unspecified atom stereocenters. The molecule has 0 aromatic heterocycles. The Bertz CT molecular complexity index is 1540. The quantitative estimate of drug-likeness (QED) is 0.0962. The molecule has 1 atom stereocenters. The maximum atomic E-state index is 14.2. The highest BCUT2D eigenvalue weighted by atomic mass is 19.1. The maximum absolute atomic E-state index is 14.2. The number of carbonyl (C=O) groups excluding carboxylic acids is 2. The van der Waals surface area contributed by atoms with Crippen molar-refractivity contribution in [3.8, 4) is 28.7 Å². The third kappa shape index (κ3) is 7.12. The van der Waals surface area contributed by atoms with Crippen LogP contribution in [0.4, 0.5) is 4.39 Å². The molecule has 0 aliphatic carbocycles. The lowest BCUT2D eigenvalue weighted by molar-refractivity contribution is 0.0494. The molecular formula is C34H31FO4. The van der Waals surface area contributed by atoms with Crippen LogP contribution in [0.5, 0.6) is 5.75 Å². The van der Waals surface area contributed by atoms with Crippen molar-refractivity contribution in [3.05, 3.63) is 101 Å². The SMILES string of the molecule is CC#Cc1ccc(-c2ccc(C(=O)Oc3ccc4cc(C(=O)OCCCC(C)CC)ccc4c3)cc2)cc1F. The first-order valence-corrected chi connectivity index (χ1v) is 13.1. The van der Waals surface area contributed by atoms with Gasteiger partial charge in [-0.25, -0.2) is 14.0 Å². The molecule has 0 saturated heterocycles. The minimum atomic E-state index is -0.502. The van der Waals surface area contributed by atoms with Gasteiger partial charge in [0.15, 0.2) is 0 Å². The molecular weight excluding hydrogens is 491 g/mol. The molecule has 0 saturated carbocycles. The number of benzene rings is 4. The molecule has 0 aliphatic rings. The molecule has 4 rings (SSSR count). The van der Waals surface area contributed by atoms with E-state index in [2.05, 4.69) is 25.7 Å². The molecule has 39 heavy (non-hydrogen) atoms. The van der Waals surface area contributed by atoms with Gasteiger partial charge < -0.3 is 9.47 Å². The molecule has 198 valence electrons. The Kier molecular flexibility index (Phi) is 9.12. The van der Waals surface area contributed by atoms with E-state index in [4.69, 9.17) is 9.47 Å². The van der Waals surface area contributed by atoms with Crippen LogP contribution in [0.2, 0.25) is 0 Å². The van der Waals surface area contributed by atoms with E-state index >= 15 is 0 Å². The number of halogens is 1. The number of ether oxygens (including phenoxy) is 2. The Labute approximate surface area is 228 Å². The highest BCUT2D eigenvalue weighted by Gasteiger charge is 2.12. The van der Waals surface area contributed by atoms with Gasteiger partial charge in [-0.05, 0) is 96.1 Å². The van der Waals surface area contributed by atoms with Crippen molar-refractivity contribution in [2.45, 2.75) is 40.0 Å². The maximum Gasteiger partial charge on any atom is 0.343 e. The molecule has 0 N–H and O–H groups in total. The summed E-state index contributed by atoms with van der Waals surface area (Å²) in [7, 11) is 0. The second-order valence-corrected chi connectivity index (χ2v) is 9.55. The van der Waals surface area contributed by atoms with Crippen molar-refractivity contribution in [2.75, 3.05) is 6.61 Å². The Morgan fingerprint density at radius 1 is 0.846 bits per heavy atom. The summed E-state index contributed by atoms with van der Waals surface area (Å²) in [5, 5.41) is 1.68. The van der Waals surface area contributed by atoms with Crippen molar-refractivity contribution in [3.63, 3.8) is 0 Å². The summed E-state index contributed by atoms with van der Waals surface area (Å²) in [6, 6.07) is 22.2. The molecule has 0 aliphatic heterocycles. The third-order valence-corrected chi connectivity index (χ3v) is 6.71. The predicted octanol–water partition coefficient (Wildman–Crippen LogP) is 8.22. The zero-order valence-electron chi connectivity index (χ0n) is 22.4. The average molecular weight is 523 g/mol. The van der Waals surface area contributed by atoms with Crippen LogP contribution in [0.3, 0.4) is 0 Å². The summed E-state index contributed by atoms with van der Waals surface area (Å²) in [6.45, 7) is 6.42. The molecule has 0 bridgehead atoms. The first kappa shape index (κ1) is 27.6. The van der Waals surface area contributed by atoms with Crippen LogP contribution < -0.4 is 4.74 Å². The first-order valence-electron chi connectivity index (χ1n) is 13.1. The normalized spacial score (nSPS) is 11.4. The molecule has 0 radical (unpaired) electrons. The fraction of sp³-hybridized carbons (Fsp3) is 0.235. The van der Waals surface area contributed by atoms with Crippen LogP contribution >= 0.6 is 0 Å². The predicted molar refractivity (Wildman–Crippen MR) is 152 cm³/mol. The summed E-state index contributed by atoms with van der Waals surface area (Å²) in [5.74, 6) is 5.22. The molecule has 4 aromatic carbocycles. The Balaban J connectivity index is 1.39. The van der Waals surface area contributed by atoms with Crippen LogP contribution in [0.1, 0.15) is 66.3 Å². The zero-order valence-corrected chi connectivity index (χ0v) is 22.4. The zero-order chi connectivity index (χ0) is 27.8. The van der Waals surface area contributed by atoms with E-state index in [1.54, 1.807) is 67.6 Å². The summed E-state index contributed by atoms with van der Waals surface area (Å²) in [5.41, 5.74) is 2.68. The van der Waals surface area contributed by atoms with Gasteiger partial charge in [0, 0.05) is 0 Å². The van der Waals surface area contributed by atoms with Crippen molar-refractivity contribution in [1.29, 1.82) is 0 Å². The highest BCUT2D eigenvalue weighted by Crippen LogP contribution is 2.25.